The number of terminal acetylenes is 1. The molecular weight excluding hydrogens is 630 g/mol. The zero-order valence-electron chi connectivity index (χ0n) is 27.3. The summed E-state index contributed by atoms with van der Waals surface area (Å²) in [7, 11) is 0. The summed E-state index contributed by atoms with van der Waals surface area (Å²) in [6, 6.07) is 4.89. The van der Waals surface area contributed by atoms with Crippen LogP contribution in [0.25, 0.3) is 32.9 Å². The molecule has 3 N–H and O–H groups in total. The summed E-state index contributed by atoms with van der Waals surface area (Å²) in [5.74, 6) is 0.648. The van der Waals surface area contributed by atoms with Crippen molar-refractivity contribution in [1.29, 1.82) is 0 Å². The Morgan fingerprint density at radius 1 is 1.20 bits per heavy atom. The number of hydrogen-bond acceptors (Lipinski definition) is 9. The second-order valence-corrected chi connectivity index (χ2v) is 13.7. The molecule has 254 valence electrons. The molecular formula is C37H38F2N6O4. The van der Waals surface area contributed by atoms with Crippen molar-refractivity contribution >= 4 is 33.4 Å². The second kappa shape index (κ2) is 12.5. The van der Waals surface area contributed by atoms with E-state index in [2.05, 4.69) is 32.7 Å². The zero-order valence-corrected chi connectivity index (χ0v) is 27.3. The Morgan fingerprint density at radius 2 is 1.98 bits per heavy atom. The number of phenolic OH excluding ortho intramolecular Hbond substituents is 1. The summed E-state index contributed by atoms with van der Waals surface area (Å²) >= 11 is 0. The second-order valence-electron chi connectivity index (χ2n) is 13.7. The van der Waals surface area contributed by atoms with Gasteiger partial charge in [-0.15, -0.1) is 6.42 Å². The number of fused-ring (bicyclic) bond motifs is 3. The van der Waals surface area contributed by atoms with Gasteiger partial charge in [-0.25, -0.2) is 8.78 Å². The first kappa shape index (κ1) is 32.7. The van der Waals surface area contributed by atoms with Gasteiger partial charge in [0, 0.05) is 36.3 Å². The topological polar surface area (TPSA) is 124 Å². The van der Waals surface area contributed by atoms with Gasteiger partial charge in [-0.2, -0.15) is 9.97 Å². The van der Waals surface area contributed by atoms with E-state index in [0.29, 0.717) is 30.8 Å². The minimum atomic E-state index is -1.10. The van der Waals surface area contributed by atoms with E-state index in [4.69, 9.17) is 16.1 Å². The van der Waals surface area contributed by atoms with Crippen LogP contribution in [0, 0.1) is 24.0 Å². The first-order valence-corrected chi connectivity index (χ1v) is 16.6. The number of benzene rings is 2. The number of aromatic hydroxyl groups is 1. The minimum absolute atomic E-state index is 0.0227. The van der Waals surface area contributed by atoms with Crippen LogP contribution in [0.5, 0.6) is 11.8 Å². The lowest BCUT2D eigenvalue weighted by Crippen LogP contribution is -2.44. The number of carbonyl (C=O) groups is 1. The van der Waals surface area contributed by atoms with Gasteiger partial charge >= 0.3 is 6.01 Å². The summed E-state index contributed by atoms with van der Waals surface area (Å²) in [6.45, 7) is 8.19. The maximum absolute atomic E-state index is 17.0. The van der Waals surface area contributed by atoms with Gasteiger partial charge in [-0.3, -0.25) is 14.7 Å². The molecule has 5 heterocycles. The highest BCUT2D eigenvalue weighted by atomic mass is 19.1. The molecule has 0 radical (unpaired) electrons. The summed E-state index contributed by atoms with van der Waals surface area (Å²) < 4.78 is 38.2. The number of hydrogen-bond donors (Lipinski definition) is 3. The molecule has 0 bridgehead atoms. The molecule has 12 heteroatoms. The predicted molar refractivity (Wildman–Crippen MR) is 182 cm³/mol. The summed E-state index contributed by atoms with van der Waals surface area (Å²) in [5.41, 5.74) is -1.47. The molecule has 4 aromatic rings. The van der Waals surface area contributed by atoms with E-state index >= 15 is 4.39 Å². The Hall–Kier alpha value is -4.86. The maximum atomic E-state index is 17.0. The zero-order chi connectivity index (χ0) is 34.5. The van der Waals surface area contributed by atoms with Crippen LogP contribution >= 0.6 is 0 Å². The van der Waals surface area contributed by atoms with E-state index in [1.54, 1.807) is 6.92 Å². The number of carbonyl (C=O) groups excluding carboxylic acids is 1. The van der Waals surface area contributed by atoms with Crippen molar-refractivity contribution in [2.45, 2.75) is 62.6 Å². The molecule has 7 rings (SSSR count). The Labute approximate surface area is 282 Å². The summed E-state index contributed by atoms with van der Waals surface area (Å²) in [4.78, 5) is 30.5. The number of pyridine rings is 1. The normalized spacial score (nSPS) is 22.1. The summed E-state index contributed by atoms with van der Waals surface area (Å²) in [6.07, 6.45) is 13.0. The van der Waals surface area contributed by atoms with Gasteiger partial charge < -0.3 is 25.2 Å². The van der Waals surface area contributed by atoms with Gasteiger partial charge in [0.25, 0.3) is 0 Å². The highest BCUT2D eigenvalue weighted by Crippen LogP contribution is 2.41. The number of nitrogens with zero attached hydrogens (tertiary/aromatic N) is 5. The van der Waals surface area contributed by atoms with Gasteiger partial charge in [0.05, 0.1) is 22.1 Å². The van der Waals surface area contributed by atoms with E-state index in [-0.39, 0.29) is 69.3 Å². The number of phenols is 1. The molecule has 0 saturated carbocycles. The third-order valence-corrected chi connectivity index (χ3v) is 10.3. The van der Waals surface area contributed by atoms with Crippen LogP contribution in [-0.4, -0.2) is 85.9 Å². The molecule has 1 amide bonds. The van der Waals surface area contributed by atoms with Crippen molar-refractivity contribution in [1.82, 2.24) is 25.2 Å². The fourth-order valence-corrected chi connectivity index (χ4v) is 7.91. The number of anilines is 1. The van der Waals surface area contributed by atoms with E-state index in [1.165, 1.54) is 36.5 Å². The standard InChI is InChI=1S/C37H38F2N6O4/c1-4-25-28(38)9-8-22-16-24(46)17-26(30(22)25)32-31(39)33-27(19-40-32)34(44-15-12-36(3,48)18-23(20-44)41-29(47)5-2)43-35(42-33)49-21-37-10-6-13-45(37)14-7-11-37/h1,5,8-9,16-17,19,23,46,48H,2,6-7,10-15,18,20-21H2,3H3,(H,41,47)/t23-,36+/m1/s1. The maximum Gasteiger partial charge on any atom is 0.319 e. The average Bonchev–Trinajstić information content (AvgIpc) is 3.61. The van der Waals surface area contributed by atoms with E-state index in [0.717, 1.165) is 38.8 Å². The van der Waals surface area contributed by atoms with Crippen LogP contribution < -0.4 is 15.0 Å². The van der Waals surface area contributed by atoms with Crippen LogP contribution in [0.3, 0.4) is 0 Å². The molecule has 0 aliphatic carbocycles. The Balaban J connectivity index is 1.38. The molecule has 3 aliphatic rings. The monoisotopic (exact) mass is 668 g/mol. The number of aliphatic hydroxyl groups is 1. The quantitative estimate of drug-likeness (QED) is 0.188. The van der Waals surface area contributed by atoms with Crippen molar-refractivity contribution < 1.29 is 28.5 Å². The predicted octanol–water partition coefficient (Wildman–Crippen LogP) is 4.84. The van der Waals surface area contributed by atoms with Crippen LogP contribution in [-0.2, 0) is 4.79 Å². The van der Waals surface area contributed by atoms with Crippen LogP contribution in [0.15, 0.2) is 43.1 Å². The lowest BCUT2D eigenvalue weighted by Gasteiger charge is -2.31. The molecule has 49 heavy (non-hydrogen) atoms. The molecule has 3 aliphatic heterocycles. The largest absolute Gasteiger partial charge is 0.508 e. The van der Waals surface area contributed by atoms with Crippen molar-refractivity contribution in [3.63, 3.8) is 0 Å². The molecule has 0 spiro atoms. The first-order chi connectivity index (χ1) is 23.5. The number of aromatic nitrogens is 3. The summed E-state index contributed by atoms with van der Waals surface area (Å²) in [5, 5.41) is 25.5. The first-order valence-electron chi connectivity index (χ1n) is 16.6. The highest BCUT2D eigenvalue weighted by Gasteiger charge is 2.45. The number of halogens is 2. The fourth-order valence-electron chi connectivity index (χ4n) is 7.91. The van der Waals surface area contributed by atoms with Crippen LogP contribution in [0.1, 0.15) is 51.0 Å². The highest BCUT2D eigenvalue weighted by molar-refractivity contribution is 6.03. The van der Waals surface area contributed by atoms with Gasteiger partial charge in [-0.1, -0.05) is 18.6 Å². The van der Waals surface area contributed by atoms with Crippen molar-refractivity contribution in [2.75, 3.05) is 37.7 Å². The average molecular weight is 669 g/mol. The molecule has 2 aromatic heterocycles. The Kier molecular flexibility index (Phi) is 8.37. The van der Waals surface area contributed by atoms with Crippen LogP contribution in [0.4, 0.5) is 14.6 Å². The lowest BCUT2D eigenvalue weighted by molar-refractivity contribution is -0.117. The molecule has 10 nitrogen and oxygen atoms in total. The van der Waals surface area contributed by atoms with E-state index in [1.807, 2.05) is 4.90 Å². The smallest absolute Gasteiger partial charge is 0.319 e. The number of nitrogens with one attached hydrogen (secondary N) is 1. The molecule has 3 fully saturated rings. The molecule has 3 saturated heterocycles. The number of ether oxygens (including phenoxy) is 1. The van der Waals surface area contributed by atoms with Crippen molar-refractivity contribution in [3.05, 3.63) is 60.3 Å². The van der Waals surface area contributed by atoms with Gasteiger partial charge in [0.1, 0.15) is 35.2 Å². The number of amides is 1. The molecule has 2 aromatic carbocycles. The third-order valence-electron chi connectivity index (χ3n) is 10.3. The minimum Gasteiger partial charge on any atom is -0.508 e. The van der Waals surface area contributed by atoms with E-state index in [9.17, 15) is 19.4 Å². The van der Waals surface area contributed by atoms with Gasteiger partial charge in [-0.05, 0) is 88.2 Å². The lowest BCUT2D eigenvalue weighted by atomic mass is 9.95. The van der Waals surface area contributed by atoms with Gasteiger partial charge in [0.15, 0.2) is 5.82 Å². The van der Waals surface area contributed by atoms with Crippen LogP contribution in [0.2, 0.25) is 0 Å². The van der Waals surface area contributed by atoms with Crippen molar-refractivity contribution in [3.8, 4) is 35.4 Å². The Bertz CT molecular complexity index is 2020. The Morgan fingerprint density at radius 3 is 2.71 bits per heavy atom. The molecule has 2 atom stereocenters. The number of rotatable bonds is 7. The van der Waals surface area contributed by atoms with Gasteiger partial charge in [0.2, 0.25) is 5.91 Å². The van der Waals surface area contributed by atoms with Crippen molar-refractivity contribution in [2.24, 2.45) is 0 Å². The molecule has 0 unspecified atom stereocenters. The third kappa shape index (κ3) is 6.02. The van der Waals surface area contributed by atoms with E-state index < -0.39 is 23.3 Å². The SMILES string of the molecule is C#Cc1c(F)ccc2cc(O)cc(-c3ncc4c(N5CC[C@](C)(O)C[C@@H](NC(=O)C=C)C5)nc(OCC56CCCN5CCC6)nc4c3F)c12. The fraction of sp³-hybridized carbons (Fsp3) is 0.405.